The molecule has 1 unspecified atom stereocenters. The van der Waals surface area contributed by atoms with Gasteiger partial charge in [-0.2, -0.15) is 0 Å². The number of likely N-dealkylation sites (tertiary alicyclic amines) is 2. The van der Waals surface area contributed by atoms with Crippen LogP contribution in [0.1, 0.15) is 70.7 Å². The van der Waals surface area contributed by atoms with Gasteiger partial charge in [0.25, 0.3) is 0 Å². The minimum Gasteiger partial charge on any atom is -0.376 e. The number of aryl methyl sites for hydroxylation is 1. The average Bonchev–Trinajstić information content (AvgIpc) is 2.67. The summed E-state index contributed by atoms with van der Waals surface area (Å²) in [5.74, 6) is 0.548. The van der Waals surface area contributed by atoms with E-state index < -0.39 is 0 Å². The van der Waals surface area contributed by atoms with E-state index in [0.717, 1.165) is 18.8 Å². The van der Waals surface area contributed by atoms with Crippen LogP contribution in [0.25, 0.3) is 0 Å². The highest BCUT2D eigenvalue weighted by Gasteiger charge is 2.33. The molecule has 0 radical (unpaired) electrons. The summed E-state index contributed by atoms with van der Waals surface area (Å²) in [6.45, 7) is 16.8. The lowest BCUT2D eigenvalue weighted by molar-refractivity contribution is -0.0563. The van der Waals surface area contributed by atoms with Crippen LogP contribution in [0.15, 0.2) is 18.2 Å². The highest BCUT2D eigenvalue weighted by Crippen LogP contribution is 2.30. The number of ether oxygens (including phenoxy) is 1. The van der Waals surface area contributed by atoms with Crippen LogP contribution in [-0.2, 0) is 4.74 Å². The Balaban J connectivity index is 1.52. The first-order valence-corrected chi connectivity index (χ1v) is 10.9. The molecule has 0 saturated carbocycles. The zero-order valence-corrected chi connectivity index (χ0v) is 18.1. The predicted octanol–water partition coefficient (Wildman–Crippen LogP) is 4.24. The van der Waals surface area contributed by atoms with Crippen LogP contribution in [0.4, 0.5) is 0 Å². The van der Waals surface area contributed by atoms with Crippen molar-refractivity contribution < 1.29 is 4.74 Å². The summed E-state index contributed by atoms with van der Waals surface area (Å²) >= 11 is 0. The van der Waals surface area contributed by atoms with Crippen LogP contribution in [0.2, 0.25) is 0 Å². The molecule has 3 rings (SSSR count). The average molecular weight is 374 g/mol. The number of aromatic nitrogens is 1. The lowest BCUT2D eigenvalue weighted by Crippen LogP contribution is -2.52. The third kappa shape index (κ3) is 5.52. The molecule has 1 atom stereocenters. The van der Waals surface area contributed by atoms with Crippen molar-refractivity contribution in [3.05, 3.63) is 29.6 Å². The molecule has 0 aliphatic carbocycles. The highest BCUT2D eigenvalue weighted by atomic mass is 16.5. The molecule has 27 heavy (non-hydrogen) atoms. The van der Waals surface area contributed by atoms with E-state index in [2.05, 4.69) is 62.6 Å². The molecule has 2 aliphatic rings. The highest BCUT2D eigenvalue weighted by molar-refractivity contribution is 5.15. The number of pyridine rings is 1. The molecule has 0 N–H and O–H groups in total. The molecule has 1 aromatic heterocycles. The third-order valence-electron chi connectivity index (χ3n) is 6.48. The van der Waals surface area contributed by atoms with Gasteiger partial charge in [0.05, 0.1) is 12.7 Å². The lowest BCUT2D eigenvalue weighted by Gasteiger charge is -2.44. The fraction of sp³-hybridized carbons (Fsp3) is 0.783. The smallest absolute Gasteiger partial charge is 0.0648 e. The van der Waals surface area contributed by atoms with Crippen molar-refractivity contribution in [2.75, 3.05) is 32.8 Å². The van der Waals surface area contributed by atoms with E-state index in [4.69, 9.17) is 9.72 Å². The molecule has 1 aromatic rings. The van der Waals surface area contributed by atoms with Crippen LogP contribution in [0.5, 0.6) is 0 Å². The second-order valence-corrected chi connectivity index (χ2v) is 9.44. The molecule has 0 spiro atoms. The molecule has 2 aliphatic heterocycles. The van der Waals surface area contributed by atoms with Gasteiger partial charge in [-0.25, -0.2) is 0 Å². The summed E-state index contributed by atoms with van der Waals surface area (Å²) in [7, 11) is 0. The van der Waals surface area contributed by atoms with E-state index in [1.807, 2.05) is 0 Å². The molecule has 0 amide bonds. The SMILES string of the molecule is Cc1cccc(C2CCCN(C(C)(C)COC3CCN(C(C)C)CC3)C2)n1. The van der Waals surface area contributed by atoms with Gasteiger partial charge in [-0.15, -0.1) is 0 Å². The number of rotatable bonds is 6. The fourth-order valence-corrected chi connectivity index (χ4v) is 4.53. The number of nitrogens with zero attached hydrogens (tertiary/aromatic N) is 3. The molecule has 4 nitrogen and oxygen atoms in total. The van der Waals surface area contributed by atoms with Crippen LogP contribution in [-0.4, -0.2) is 65.3 Å². The molecule has 0 aromatic carbocycles. The normalized spacial score (nSPS) is 23.9. The number of hydrogen-bond donors (Lipinski definition) is 0. The van der Waals surface area contributed by atoms with E-state index in [0.29, 0.717) is 18.1 Å². The Morgan fingerprint density at radius 3 is 2.56 bits per heavy atom. The van der Waals surface area contributed by atoms with E-state index in [-0.39, 0.29) is 5.54 Å². The summed E-state index contributed by atoms with van der Waals surface area (Å²) < 4.78 is 6.41. The standard InChI is InChI=1S/C23H39N3O/c1-18(2)25-14-11-21(12-15-25)27-17-23(4,5)26-13-7-9-20(16-26)22-10-6-8-19(3)24-22/h6,8,10,18,20-21H,7,9,11-17H2,1-5H3. The Kier molecular flexibility index (Phi) is 6.93. The summed E-state index contributed by atoms with van der Waals surface area (Å²) in [5.41, 5.74) is 2.47. The first-order chi connectivity index (χ1) is 12.8. The minimum atomic E-state index is 0.0810. The summed E-state index contributed by atoms with van der Waals surface area (Å²) in [4.78, 5) is 9.99. The second kappa shape index (κ2) is 9.02. The fourth-order valence-electron chi connectivity index (χ4n) is 4.53. The maximum Gasteiger partial charge on any atom is 0.0648 e. The van der Waals surface area contributed by atoms with E-state index in [1.165, 1.54) is 51.0 Å². The molecule has 2 fully saturated rings. The van der Waals surface area contributed by atoms with Gasteiger partial charge in [0, 0.05) is 48.5 Å². The molecule has 0 bridgehead atoms. The van der Waals surface area contributed by atoms with Gasteiger partial charge in [-0.1, -0.05) is 6.07 Å². The third-order valence-corrected chi connectivity index (χ3v) is 6.48. The second-order valence-electron chi connectivity index (χ2n) is 9.44. The van der Waals surface area contributed by atoms with Gasteiger partial charge < -0.3 is 9.64 Å². The summed E-state index contributed by atoms with van der Waals surface area (Å²) in [5, 5.41) is 0. The first kappa shape index (κ1) is 20.8. The topological polar surface area (TPSA) is 28.6 Å². The van der Waals surface area contributed by atoms with Gasteiger partial charge in [0.1, 0.15) is 0 Å². The Hall–Kier alpha value is -0.970. The van der Waals surface area contributed by atoms with Gasteiger partial charge >= 0.3 is 0 Å². The van der Waals surface area contributed by atoms with Crippen molar-refractivity contribution in [3.8, 4) is 0 Å². The minimum absolute atomic E-state index is 0.0810. The monoisotopic (exact) mass is 373 g/mol. The Labute approximate surface area is 166 Å². The van der Waals surface area contributed by atoms with Crippen molar-refractivity contribution in [2.24, 2.45) is 0 Å². The zero-order chi connectivity index (χ0) is 19.4. The largest absolute Gasteiger partial charge is 0.376 e. The van der Waals surface area contributed by atoms with Gasteiger partial charge in [-0.3, -0.25) is 9.88 Å². The summed E-state index contributed by atoms with van der Waals surface area (Å²) in [6, 6.07) is 7.09. The lowest BCUT2D eigenvalue weighted by atomic mass is 9.90. The van der Waals surface area contributed by atoms with Crippen molar-refractivity contribution >= 4 is 0 Å². The van der Waals surface area contributed by atoms with Crippen LogP contribution in [0.3, 0.4) is 0 Å². The maximum absolute atomic E-state index is 6.41. The van der Waals surface area contributed by atoms with Crippen molar-refractivity contribution in [3.63, 3.8) is 0 Å². The van der Waals surface area contributed by atoms with E-state index in [9.17, 15) is 0 Å². The van der Waals surface area contributed by atoms with Crippen molar-refractivity contribution in [1.82, 2.24) is 14.8 Å². The van der Waals surface area contributed by atoms with Crippen LogP contribution in [0, 0.1) is 6.92 Å². The van der Waals surface area contributed by atoms with Crippen molar-refractivity contribution in [2.45, 2.75) is 83.9 Å². The maximum atomic E-state index is 6.41. The Morgan fingerprint density at radius 2 is 1.89 bits per heavy atom. The molecule has 3 heterocycles. The molecule has 152 valence electrons. The Morgan fingerprint density at radius 1 is 1.15 bits per heavy atom. The quantitative estimate of drug-likeness (QED) is 0.746. The van der Waals surface area contributed by atoms with Gasteiger partial charge in [0.15, 0.2) is 0 Å². The van der Waals surface area contributed by atoms with Crippen LogP contribution < -0.4 is 0 Å². The number of piperidine rings is 2. The van der Waals surface area contributed by atoms with Gasteiger partial charge in [0.2, 0.25) is 0 Å². The first-order valence-electron chi connectivity index (χ1n) is 10.9. The van der Waals surface area contributed by atoms with Crippen LogP contribution >= 0.6 is 0 Å². The van der Waals surface area contributed by atoms with Crippen molar-refractivity contribution in [1.29, 1.82) is 0 Å². The number of hydrogen-bond acceptors (Lipinski definition) is 4. The zero-order valence-electron chi connectivity index (χ0n) is 18.1. The predicted molar refractivity (Wildman–Crippen MR) is 112 cm³/mol. The summed E-state index contributed by atoms with van der Waals surface area (Å²) in [6.07, 6.45) is 5.26. The molecule has 4 heteroatoms. The Bertz CT molecular complexity index is 593. The molecular weight excluding hydrogens is 334 g/mol. The van der Waals surface area contributed by atoms with E-state index >= 15 is 0 Å². The molecular formula is C23H39N3O. The van der Waals surface area contributed by atoms with Gasteiger partial charge in [-0.05, 0) is 79.0 Å². The molecule has 2 saturated heterocycles. The van der Waals surface area contributed by atoms with E-state index in [1.54, 1.807) is 0 Å².